The Labute approximate surface area is 242 Å². The van der Waals surface area contributed by atoms with Crippen molar-refractivity contribution in [3.63, 3.8) is 0 Å². The van der Waals surface area contributed by atoms with Gasteiger partial charge in [0.1, 0.15) is 11.9 Å². The Hall–Kier alpha value is -3.89. The van der Waals surface area contributed by atoms with E-state index in [-0.39, 0.29) is 36.6 Å². The lowest BCUT2D eigenvalue weighted by Gasteiger charge is -2.35. The van der Waals surface area contributed by atoms with E-state index in [1.807, 2.05) is 68.7 Å². The van der Waals surface area contributed by atoms with Crippen LogP contribution in [0.3, 0.4) is 0 Å². The number of hydrogen-bond acceptors (Lipinski definition) is 7. The molecule has 4 heterocycles. The molecule has 2 N–H and O–H groups in total. The molecular formula is C31H33N5O4S. The van der Waals surface area contributed by atoms with E-state index < -0.39 is 23.7 Å². The van der Waals surface area contributed by atoms with Crippen LogP contribution >= 0.6 is 11.3 Å². The van der Waals surface area contributed by atoms with Crippen molar-refractivity contribution in [1.29, 1.82) is 0 Å². The second kappa shape index (κ2) is 10.2. The molecule has 212 valence electrons. The van der Waals surface area contributed by atoms with E-state index in [2.05, 4.69) is 10.3 Å². The minimum Gasteiger partial charge on any atom is -0.391 e. The van der Waals surface area contributed by atoms with Crippen LogP contribution in [0.5, 0.6) is 0 Å². The molecule has 1 saturated heterocycles. The number of nitrogens with one attached hydrogen (secondary N) is 1. The largest absolute Gasteiger partial charge is 0.391 e. The summed E-state index contributed by atoms with van der Waals surface area (Å²) in [6.45, 7) is 8.03. The highest BCUT2D eigenvalue weighted by Crippen LogP contribution is 2.36. The fraction of sp³-hybridized carbons (Fsp3) is 0.387. The van der Waals surface area contributed by atoms with Crippen molar-refractivity contribution in [2.45, 2.75) is 64.4 Å². The summed E-state index contributed by atoms with van der Waals surface area (Å²) >= 11 is 1.57. The molecule has 0 spiro atoms. The normalized spacial score (nSPS) is 24.6. The molecule has 0 saturated carbocycles. The van der Waals surface area contributed by atoms with Gasteiger partial charge >= 0.3 is 0 Å². The predicted molar refractivity (Wildman–Crippen MR) is 156 cm³/mol. The fourth-order valence-electron chi connectivity index (χ4n) is 6.20. The van der Waals surface area contributed by atoms with Crippen LogP contribution < -0.4 is 5.32 Å². The van der Waals surface area contributed by atoms with Crippen LogP contribution in [0.15, 0.2) is 59.0 Å². The van der Waals surface area contributed by atoms with Crippen molar-refractivity contribution in [3.8, 4) is 10.4 Å². The van der Waals surface area contributed by atoms with E-state index in [0.717, 1.165) is 27.3 Å². The van der Waals surface area contributed by atoms with Gasteiger partial charge in [-0.2, -0.15) is 0 Å². The number of amidine groups is 1. The Kier molecular flexibility index (Phi) is 6.78. The molecule has 3 aromatic rings. The van der Waals surface area contributed by atoms with Crippen molar-refractivity contribution in [3.05, 3.63) is 76.4 Å². The van der Waals surface area contributed by atoms with Crippen molar-refractivity contribution in [2.24, 2.45) is 10.9 Å². The second-order valence-corrected chi connectivity index (χ2v) is 12.4. The molecule has 10 heteroatoms. The van der Waals surface area contributed by atoms with Gasteiger partial charge in [0.2, 0.25) is 5.91 Å². The predicted octanol–water partition coefficient (Wildman–Crippen LogP) is 3.50. The van der Waals surface area contributed by atoms with E-state index in [9.17, 15) is 19.5 Å². The molecule has 4 atom stereocenters. The number of aliphatic hydroxyl groups excluding tert-OH is 1. The topological polar surface area (TPSA) is 115 Å². The highest BCUT2D eigenvalue weighted by Gasteiger charge is 2.49. The molecule has 1 fully saturated rings. The van der Waals surface area contributed by atoms with Gasteiger partial charge in [-0.25, -0.2) is 9.98 Å². The Morgan fingerprint density at radius 1 is 1.15 bits per heavy atom. The zero-order chi connectivity index (χ0) is 29.1. The van der Waals surface area contributed by atoms with Gasteiger partial charge in [0, 0.05) is 25.1 Å². The van der Waals surface area contributed by atoms with Crippen LogP contribution in [0.2, 0.25) is 0 Å². The standard InChI is InChI=1S/C31H33N5O4S/c1-17(2)25(36-14-20-7-5-6-8-23(20)28(36)38)29(39)35-15-22(37)13-24(35)27-33-30(40)31(4,34-27)21-11-9-19(10-12-21)26-18(3)32-16-41-26/h5-12,16-17,22,24-25,37H,13-15H2,1-4H3,(H,33,34,40)/t22-,24+,25+,31+/m1/s1. The summed E-state index contributed by atoms with van der Waals surface area (Å²) in [6.07, 6.45) is -0.514. The third-order valence-electron chi connectivity index (χ3n) is 8.43. The average Bonchev–Trinajstić information content (AvgIpc) is 3.71. The number of fused-ring (bicyclic) bond motifs is 1. The second-order valence-electron chi connectivity index (χ2n) is 11.5. The van der Waals surface area contributed by atoms with Crippen molar-refractivity contribution in [2.75, 3.05) is 6.54 Å². The lowest BCUT2D eigenvalue weighted by atomic mass is 9.91. The third kappa shape index (κ3) is 4.55. The molecule has 9 nitrogen and oxygen atoms in total. The van der Waals surface area contributed by atoms with E-state index in [4.69, 9.17) is 4.99 Å². The highest BCUT2D eigenvalue weighted by molar-refractivity contribution is 7.13. The number of aliphatic imine (C=N–C) groups is 1. The van der Waals surface area contributed by atoms with Crippen molar-refractivity contribution in [1.82, 2.24) is 20.1 Å². The first-order valence-corrected chi connectivity index (χ1v) is 14.8. The molecule has 3 aliphatic heterocycles. The number of carbonyl (C=O) groups excluding carboxylic acids is 3. The molecule has 6 rings (SSSR count). The van der Waals surface area contributed by atoms with Crippen molar-refractivity contribution >= 4 is 34.9 Å². The first-order chi connectivity index (χ1) is 19.6. The number of rotatable bonds is 6. The smallest absolute Gasteiger partial charge is 0.257 e. The van der Waals surface area contributed by atoms with Crippen LogP contribution in [0.1, 0.15) is 54.4 Å². The Balaban J connectivity index is 1.27. The number of aromatic nitrogens is 1. The number of hydrogen-bond donors (Lipinski definition) is 2. The Morgan fingerprint density at radius 2 is 1.88 bits per heavy atom. The summed E-state index contributed by atoms with van der Waals surface area (Å²) in [5, 5.41) is 13.6. The summed E-state index contributed by atoms with van der Waals surface area (Å²) in [6, 6.07) is 13.8. The lowest BCUT2D eigenvalue weighted by Crippen LogP contribution is -2.55. The summed E-state index contributed by atoms with van der Waals surface area (Å²) in [5.41, 5.74) is 4.85. The molecule has 41 heavy (non-hydrogen) atoms. The Bertz CT molecular complexity index is 1560. The van der Waals surface area contributed by atoms with Gasteiger partial charge in [0.05, 0.1) is 28.2 Å². The number of β-amino-alcohol motifs (C(OH)–C–C–N with tert-alkyl or cyclic N) is 1. The van der Waals surface area contributed by atoms with Crippen LogP contribution in [-0.2, 0) is 21.7 Å². The minimum atomic E-state index is -1.18. The first-order valence-electron chi connectivity index (χ1n) is 13.9. The average molecular weight is 572 g/mol. The van der Waals surface area contributed by atoms with Gasteiger partial charge in [0.15, 0.2) is 5.54 Å². The summed E-state index contributed by atoms with van der Waals surface area (Å²) in [4.78, 5) is 54.2. The van der Waals surface area contributed by atoms with Crippen molar-refractivity contribution < 1.29 is 19.5 Å². The number of thiazole rings is 1. The van der Waals surface area contributed by atoms with E-state index in [1.165, 1.54) is 0 Å². The number of likely N-dealkylation sites (tertiary alicyclic amines) is 1. The molecule has 3 amide bonds. The van der Waals surface area contributed by atoms with Crippen LogP contribution in [-0.4, -0.2) is 68.2 Å². The van der Waals surface area contributed by atoms with Crippen LogP contribution in [0.4, 0.5) is 0 Å². The SMILES string of the molecule is Cc1ncsc1-c1ccc([C@]2(C)N=C([C@@H]3C[C@@H](O)CN3C(=O)[C@H](C(C)C)N3Cc4ccccc4C3=O)NC2=O)cc1. The molecule has 3 aliphatic rings. The number of carbonyl (C=O) groups is 3. The van der Waals surface area contributed by atoms with Gasteiger partial charge in [-0.3, -0.25) is 14.4 Å². The van der Waals surface area contributed by atoms with E-state index in [1.54, 1.807) is 34.1 Å². The van der Waals surface area contributed by atoms with Crippen LogP contribution in [0.25, 0.3) is 10.4 Å². The summed E-state index contributed by atoms with van der Waals surface area (Å²) in [7, 11) is 0. The fourth-order valence-corrected chi connectivity index (χ4v) is 7.01. The quantitative estimate of drug-likeness (QED) is 0.470. The number of nitrogens with zero attached hydrogens (tertiary/aromatic N) is 4. The number of aliphatic hydroxyl groups is 1. The maximum Gasteiger partial charge on any atom is 0.257 e. The zero-order valence-corrected chi connectivity index (χ0v) is 24.3. The maximum atomic E-state index is 14.1. The molecule has 1 aromatic heterocycles. The summed E-state index contributed by atoms with van der Waals surface area (Å²) in [5.74, 6) is -0.500. The lowest BCUT2D eigenvalue weighted by molar-refractivity contribution is -0.138. The molecule has 2 aromatic carbocycles. The van der Waals surface area contributed by atoms with Gasteiger partial charge in [-0.1, -0.05) is 56.3 Å². The van der Waals surface area contributed by atoms with Crippen LogP contribution in [0, 0.1) is 12.8 Å². The molecule has 0 radical (unpaired) electrons. The first kappa shape index (κ1) is 27.3. The summed E-state index contributed by atoms with van der Waals surface area (Å²) < 4.78 is 0. The number of amides is 3. The number of aryl methyl sites for hydroxylation is 1. The zero-order valence-electron chi connectivity index (χ0n) is 23.5. The van der Waals surface area contributed by atoms with Gasteiger partial charge < -0.3 is 20.2 Å². The van der Waals surface area contributed by atoms with E-state index in [0.29, 0.717) is 17.9 Å². The monoisotopic (exact) mass is 571 g/mol. The highest BCUT2D eigenvalue weighted by atomic mass is 32.1. The van der Waals surface area contributed by atoms with Gasteiger partial charge in [-0.15, -0.1) is 11.3 Å². The maximum absolute atomic E-state index is 14.1. The molecule has 0 unspecified atom stereocenters. The Morgan fingerprint density at radius 3 is 2.54 bits per heavy atom. The van der Waals surface area contributed by atoms with Gasteiger partial charge in [0.25, 0.3) is 11.8 Å². The molecule has 0 aliphatic carbocycles. The van der Waals surface area contributed by atoms with Gasteiger partial charge in [-0.05, 0) is 42.5 Å². The molecule has 0 bridgehead atoms. The van der Waals surface area contributed by atoms with E-state index >= 15 is 0 Å². The minimum absolute atomic E-state index is 0.107. The number of benzene rings is 2. The third-order valence-corrected chi connectivity index (χ3v) is 9.41. The molecular weight excluding hydrogens is 538 g/mol.